The topological polar surface area (TPSA) is 95.1 Å². The number of hydrogen-bond acceptors (Lipinski definition) is 7. The highest BCUT2D eigenvalue weighted by Crippen LogP contribution is 2.30. The largest absolute Gasteiger partial charge is 0.462 e. The van der Waals surface area contributed by atoms with Crippen LogP contribution in [0.2, 0.25) is 0 Å². The van der Waals surface area contributed by atoms with Crippen molar-refractivity contribution in [3.63, 3.8) is 0 Å². The molecule has 0 radical (unpaired) electrons. The van der Waals surface area contributed by atoms with Crippen molar-refractivity contribution in [1.29, 1.82) is 0 Å². The van der Waals surface area contributed by atoms with Gasteiger partial charge in [0.25, 0.3) is 0 Å². The molecule has 1 aromatic carbocycles. The fraction of sp³-hybridized carbons (Fsp3) is 0.652. The van der Waals surface area contributed by atoms with Crippen LogP contribution in [-0.4, -0.2) is 62.8 Å². The van der Waals surface area contributed by atoms with Crippen molar-refractivity contribution < 1.29 is 28.5 Å². The van der Waals surface area contributed by atoms with E-state index < -0.39 is 18.2 Å². The summed E-state index contributed by atoms with van der Waals surface area (Å²) in [6.45, 7) is 3.90. The molecule has 31 heavy (non-hydrogen) atoms. The summed E-state index contributed by atoms with van der Waals surface area (Å²) in [6.07, 6.45) is 5.15. The van der Waals surface area contributed by atoms with Crippen LogP contribution in [-0.2, 0) is 18.9 Å². The van der Waals surface area contributed by atoms with Crippen molar-refractivity contribution in [2.75, 3.05) is 31.7 Å². The molecular formula is C23H32N2O6. The fourth-order valence-corrected chi connectivity index (χ4v) is 4.67. The lowest BCUT2D eigenvalue weighted by Gasteiger charge is -2.25. The van der Waals surface area contributed by atoms with Crippen LogP contribution in [0.5, 0.6) is 0 Å². The number of nitrogens with one attached hydrogen (secondary N) is 2. The van der Waals surface area contributed by atoms with Gasteiger partial charge in [-0.3, -0.25) is 5.32 Å². The van der Waals surface area contributed by atoms with E-state index >= 15 is 0 Å². The van der Waals surface area contributed by atoms with Gasteiger partial charge in [-0.25, -0.2) is 9.59 Å². The van der Waals surface area contributed by atoms with Crippen LogP contribution >= 0.6 is 0 Å². The minimum absolute atomic E-state index is 0.103. The van der Waals surface area contributed by atoms with Crippen LogP contribution in [0, 0.1) is 5.92 Å². The molecule has 4 atom stereocenters. The molecule has 2 N–H and O–H groups in total. The molecule has 1 aliphatic carbocycles. The Kier molecular flexibility index (Phi) is 7.42. The van der Waals surface area contributed by atoms with Crippen molar-refractivity contribution in [3.05, 3.63) is 29.8 Å². The Morgan fingerprint density at radius 1 is 1.10 bits per heavy atom. The molecule has 2 saturated heterocycles. The van der Waals surface area contributed by atoms with Gasteiger partial charge in [-0.2, -0.15) is 0 Å². The average Bonchev–Trinajstić information content (AvgIpc) is 3.36. The summed E-state index contributed by atoms with van der Waals surface area (Å²) in [7, 11) is 0. The Bertz CT molecular complexity index is 766. The number of carbonyl (C=O) groups excluding carboxylic acids is 2. The van der Waals surface area contributed by atoms with E-state index in [0.717, 1.165) is 12.5 Å². The van der Waals surface area contributed by atoms with Crippen LogP contribution in [0.25, 0.3) is 0 Å². The summed E-state index contributed by atoms with van der Waals surface area (Å²) in [5, 5.41) is 6.28. The van der Waals surface area contributed by atoms with Gasteiger partial charge < -0.3 is 24.3 Å². The molecule has 3 fully saturated rings. The Morgan fingerprint density at radius 3 is 2.71 bits per heavy atom. The Labute approximate surface area is 182 Å². The molecule has 8 heteroatoms. The number of esters is 1. The molecular weight excluding hydrogens is 400 g/mol. The molecule has 2 heterocycles. The fourth-order valence-electron chi connectivity index (χ4n) is 4.67. The number of ether oxygens (including phenoxy) is 4. The van der Waals surface area contributed by atoms with Crippen LogP contribution in [0.15, 0.2) is 24.3 Å². The number of fused-ring (bicyclic) bond motifs is 1. The number of benzene rings is 1. The van der Waals surface area contributed by atoms with Crippen LogP contribution in [0.1, 0.15) is 49.4 Å². The third kappa shape index (κ3) is 5.56. The van der Waals surface area contributed by atoms with Crippen molar-refractivity contribution >= 4 is 17.7 Å². The molecule has 1 amide bonds. The normalized spacial score (nSPS) is 28.2. The van der Waals surface area contributed by atoms with E-state index in [1.807, 2.05) is 0 Å². The van der Waals surface area contributed by atoms with Crippen molar-refractivity contribution in [3.8, 4) is 0 Å². The zero-order valence-electron chi connectivity index (χ0n) is 18.0. The van der Waals surface area contributed by atoms with Crippen molar-refractivity contribution in [2.24, 2.45) is 5.92 Å². The van der Waals surface area contributed by atoms with Gasteiger partial charge in [-0.15, -0.1) is 0 Å². The summed E-state index contributed by atoms with van der Waals surface area (Å²) < 4.78 is 22.4. The lowest BCUT2D eigenvalue weighted by Crippen LogP contribution is -2.43. The van der Waals surface area contributed by atoms with Gasteiger partial charge in [0.2, 0.25) is 0 Å². The third-order valence-electron chi connectivity index (χ3n) is 6.28. The molecule has 0 bridgehead atoms. The summed E-state index contributed by atoms with van der Waals surface area (Å²) in [5.41, 5.74) is 0.834. The first-order chi connectivity index (χ1) is 15.1. The second-order valence-corrected chi connectivity index (χ2v) is 8.48. The lowest BCUT2D eigenvalue weighted by molar-refractivity contribution is 0.00850. The van der Waals surface area contributed by atoms with Gasteiger partial charge in [0.05, 0.1) is 31.4 Å². The van der Waals surface area contributed by atoms with Gasteiger partial charge in [0, 0.05) is 5.69 Å². The predicted octanol–water partition coefficient (Wildman–Crippen LogP) is 3.12. The van der Waals surface area contributed by atoms with Gasteiger partial charge >= 0.3 is 12.1 Å². The summed E-state index contributed by atoms with van der Waals surface area (Å²) in [6, 6.07) is 6.69. The molecule has 3 aliphatic rings. The van der Waals surface area contributed by atoms with Gasteiger partial charge in [0.15, 0.2) is 6.10 Å². The van der Waals surface area contributed by atoms with Gasteiger partial charge in [-0.05, 0) is 50.4 Å². The molecule has 0 spiro atoms. The smallest absolute Gasteiger partial charge is 0.412 e. The molecule has 4 rings (SSSR count). The van der Waals surface area contributed by atoms with Crippen LogP contribution < -0.4 is 10.6 Å². The number of carbonyl (C=O) groups is 2. The maximum atomic E-state index is 12.4. The molecule has 1 aromatic rings. The van der Waals surface area contributed by atoms with Crippen LogP contribution in [0.4, 0.5) is 10.5 Å². The van der Waals surface area contributed by atoms with E-state index in [9.17, 15) is 9.59 Å². The standard InChI is InChI=1S/C23H32N2O6/c1-2-28-22(26)16-9-6-10-17(11-16)25-23(27)31-19-14-30-20-18(13-29-21(19)20)24-12-15-7-4-3-5-8-15/h6,9-11,15,18-21,24H,2-5,7-8,12-14H2,1H3,(H,25,27)/t18-,19+,20+,21+/m0/s1. The SMILES string of the molecule is CCOC(=O)c1cccc(NC(=O)O[C@@H]2CO[C@H]3[C@@H]2OC[C@@H]3NCC2CCCCC2)c1. The zero-order chi connectivity index (χ0) is 21.6. The summed E-state index contributed by atoms with van der Waals surface area (Å²) in [5.74, 6) is 0.301. The molecule has 0 unspecified atom stereocenters. The molecule has 8 nitrogen and oxygen atoms in total. The van der Waals surface area contributed by atoms with Crippen molar-refractivity contribution in [2.45, 2.75) is 63.4 Å². The minimum atomic E-state index is -0.600. The molecule has 2 aliphatic heterocycles. The lowest BCUT2D eigenvalue weighted by atomic mass is 9.89. The average molecular weight is 433 g/mol. The van der Waals surface area contributed by atoms with Crippen molar-refractivity contribution in [1.82, 2.24) is 5.32 Å². The first kappa shape index (κ1) is 22.0. The Hall–Kier alpha value is -2.16. The highest BCUT2D eigenvalue weighted by atomic mass is 16.6. The molecule has 170 valence electrons. The Balaban J connectivity index is 1.25. The number of amides is 1. The Morgan fingerprint density at radius 2 is 1.90 bits per heavy atom. The van der Waals surface area contributed by atoms with E-state index in [1.54, 1.807) is 31.2 Å². The van der Waals surface area contributed by atoms with E-state index in [2.05, 4.69) is 10.6 Å². The second kappa shape index (κ2) is 10.4. The minimum Gasteiger partial charge on any atom is -0.462 e. The monoisotopic (exact) mass is 432 g/mol. The van der Waals surface area contributed by atoms with E-state index in [4.69, 9.17) is 18.9 Å². The third-order valence-corrected chi connectivity index (χ3v) is 6.28. The number of anilines is 1. The highest BCUT2D eigenvalue weighted by Gasteiger charge is 2.49. The maximum absolute atomic E-state index is 12.4. The van der Waals surface area contributed by atoms with Crippen LogP contribution in [0.3, 0.4) is 0 Å². The van der Waals surface area contributed by atoms with E-state index in [1.165, 1.54) is 32.1 Å². The predicted molar refractivity (Wildman–Crippen MR) is 114 cm³/mol. The molecule has 0 aromatic heterocycles. The summed E-state index contributed by atoms with van der Waals surface area (Å²) >= 11 is 0. The van der Waals surface area contributed by atoms with E-state index in [-0.39, 0.29) is 18.2 Å². The molecule has 1 saturated carbocycles. The van der Waals surface area contributed by atoms with Gasteiger partial charge in [-0.1, -0.05) is 25.3 Å². The maximum Gasteiger partial charge on any atom is 0.412 e. The first-order valence-corrected chi connectivity index (χ1v) is 11.4. The van der Waals surface area contributed by atoms with E-state index in [0.29, 0.717) is 31.1 Å². The van der Waals surface area contributed by atoms with Gasteiger partial charge in [0.1, 0.15) is 12.2 Å². The quantitative estimate of drug-likeness (QED) is 0.639. The first-order valence-electron chi connectivity index (χ1n) is 11.4. The summed E-state index contributed by atoms with van der Waals surface area (Å²) in [4.78, 5) is 24.3. The number of hydrogen-bond donors (Lipinski definition) is 2. The number of rotatable bonds is 7. The zero-order valence-corrected chi connectivity index (χ0v) is 18.0. The highest BCUT2D eigenvalue weighted by molar-refractivity contribution is 5.92. The second-order valence-electron chi connectivity index (χ2n) is 8.48.